The van der Waals surface area contributed by atoms with E-state index in [1.54, 1.807) is 13.8 Å². The van der Waals surface area contributed by atoms with E-state index < -0.39 is 12.1 Å². The molecule has 1 aliphatic rings. The molecule has 21 heavy (non-hydrogen) atoms. The first-order valence-electron chi connectivity index (χ1n) is 6.85. The van der Waals surface area contributed by atoms with Crippen LogP contribution in [0.2, 0.25) is 0 Å². The van der Waals surface area contributed by atoms with Crippen LogP contribution in [0.15, 0.2) is 4.52 Å². The molecule has 0 aliphatic heterocycles. The second-order valence-corrected chi connectivity index (χ2v) is 5.57. The van der Waals surface area contributed by atoms with Gasteiger partial charge in [-0.1, -0.05) is 5.16 Å². The minimum absolute atomic E-state index is 0.285. The molecule has 6 nitrogen and oxygen atoms in total. The van der Waals surface area contributed by atoms with Crippen LogP contribution < -0.4 is 5.73 Å². The first kappa shape index (κ1) is 14.1. The number of nitrogens with two attached hydrogens (primary N) is 1. The summed E-state index contributed by atoms with van der Waals surface area (Å²) in [5.41, 5.74) is 7.28. The zero-order valence-electron chi connectivity index (χ0n) is 11.9. The molecule has 2 N–H and O–H groups in total. The third-order valence-electron chi connectivity index (χ3n) is 4.15. The summed E-state index contributed by atoms with van der Waals surface area (Å²) in [4.78, 5) is 4.31. The van der Waals surface area contributed by atoms with Crippen LogP contribution in [0, 0.1) is 13.8 Å². The molecule has 0 radical (unpaired) electrons. The third kappa shape index (κ3) is 2.33. The predicted octanol–water partition coefficient (Wildman–Crippen LogP) is 2.21. The lowest BCUT2D eigenvalue weighted by Gasteiger charge is -2.34. The van der Waals surface area contributed by atoms with Gasteiger partial charge in [-0.2, -0.15) is 18.9 Å². The van der Waals surface area contributed by atoms with Crippen molar-refractivity contribution >= 4 is 0 Å². The Kier molecular flexibility index (Phi) is 3.27. The Morgan fingerprint density at radius 3 is 2.62 bits per heavy atom. The van der Waals surface area contributed by atoms with Crippen molar-refractivity contribution in [1.82, 2.24) is 19.9 Å². The molecule has 1 aliphatic carbocycles. The highest BCUT2D eigenvalue weighted by atomic mass is 19.3. The lowest BCUT2D eigenvalue weighted by atomic mass is 9.77. The molecule has 0 amide bonds. The maximum atomic E-state index is 12.8. The number of halogens is 2. The summed E-state index contributed by atoms with van der Waals surface area (Å²) in [6, 6.07) is 0. The number of rotatable bonds is 4. The fourth-order valence-electron chi connectivity index (χ4n) is 2.60. The van der Waals surface area contributed by atoms with Gasteiger partial charge in [-0.05, 0) is 33.1 Å². The van der Waals surface area contributed by atoms with Gasteiger partial charge in [0.2, 0.25) is 5.89 Å². The second kappa shape index (κ2) is 4.87. The summed E-state index contributed by atoms with van der Waals surface area (Å²) in [5.74, 6) is 0.877. The number of hydrogen-bond donors (Lipinski definition) is 1. The number of aryl methyl sites for hydroxylation is 1. The lowest BCUT2D eigenvalue weighted by Crippen LogP contribution is -2.44. The average Bonchev–Trinajstić information content (AvgIpc) is 2.96. The molecule has 0 saturated heterocycles. The van der Waals surface area contributed by atoms with E-state index in [1.165, 1.54) is 0 Å². The van der Waals surface area contributed by atoms with Crippen LogP contribution in [-0.2, 0) is 12.0 Å². The summed E-state index contributed by atoms with van der Waals surface area (Å²) in [6.45, 7) is 0.641. The normalized spacial score (nSPS) is 17.2. The highest BCUT2D eigenvalue weighted by molar-refractivity contribution is 5.27. The molecule has 1 fully saturated rings. The maximum Gasteiger partial charge on any atom is 0.333 e. The van der Waals surface area contributed by atoms with Gasteiger partial charge in [0.15, 0.2) is 5.82 Å². The zero-order valence-corrected chi connectivity index (χ0v) is 11.9. The Hall–Kier alpha value is -1.83. The van der Waals surface area contributed by atoms with E-state index in [1.807, 2.05) is 0 Å². The molecule has 0 aromatic carbocycles. The summed E-state index contributed by atoms with van der Waals surface area (Å²) < 4.78 is 31.5. The molecule has 0 unspecified atom stereocenters. The van der Waals surface area contributed by atoms with Crippen molar-refractivity contribution in [1.29, 1.82) is 0 Å². The van der Waals surface area contributed by atoms with Crippen molar-refractivity contribution in [3.63, 3.8) is 0 Å². The molecule has 0 spiro atoms. The van der Waals surface area contributed by atoms with Crippen molar-refractivity contribution < 1.29 is 13.3 Å². The molecule has 8 heteroatoms. The standard InChI is InChI=1S/C13H17F2N5O/c1-7-9(8(2)20(18-7)12(14)15)6-10-17-11(19-21-10)13(16)4-3-5-13/h12H,3-6,16H2,1-2H3. The maximum absolute atomic E-state index is 12.8. The van der Waals surface area contributed by atoms with Gasteiger partial charge in [0, 0.05) is 11.3 Å². The fourth-order valence-corrected chi connectivity index (χ4v) is 2.60. The van der Waals surface area contributed by atoms with Crippen LogP contribution in [0.5, 0.6) is 0 Å². The molecule has 0 atom stereocenters. The van der Waals surface area contributed by atoms with E-state index in [2.05, 4.69) is 15.2 Å². The Balaban J connectivity index is 1.84. The Labute approximate surface area is 120 Å². The number of hydrogen-bond acceptors (Lipinski definition) is 5. The summed E-state index contributed by atoms with van der Waals surface area (Å²) in [5, 5.41) is 7.76. The van der Waals surface area contributed by atoms with Gasteiger partial charge in [-0.3, -0.25) is 0 Å². The molecule has 2 heterocycles. The van der Waals surface area contributed by atoms with E-state index in [0.29, 0.717) is 33.3 Å². The Morgan fingerprint density at radius 1 is 1.38 bits per heavy atom. The van der Waals surface area contributed by atoms with Crippen molar-refractivity contribution in [3.8, 4) is 0 Å². The van der Waals surface area contributed by atoms with E-state index in [9.17, 15) is 8.78 Å². The molecule has 0 bridgehead atoms. The van der Waals surface area contributed by atoms with Crippen molar-refractivity contribution in [2.75, 3.05) is 0 Å². The van der Waals surface area contributed by atoms with Gasteiger partial charge < -0.3 is 10.3 Å². The minimum atomic E-state index is -2.65. The van der Waals surface area contributed by atoms with Gasteiger partial charge in [0.25, 0.3) is 0 Å². The van der Waals surface area contributed by atoms with Crippen molar-refractivity contribution in [2.24, 2.45) is 5.73 Å². The number of nitrogens with zero attached hydrogens (tertiary/aromatic N) is 4. The van der Waals surface area contributed by atoms with E-state index >= 15 is 0 Å². The monoisotopic (exact) mass is 297 g/mol. The molecule has 2 aromatic rings. The first-order valence-corrected chi connectivity index (χ1v) is 6.85. The zero-order chi connectivity index (χ0) is 15.2. The lowest BCUT2D eigenvalue weighted by molar-refractivity contribution is 0.0540. The highest BCUT2D eigenvalue weighted by Crippen LogP contribution is 2.37. The van der Waals surface area contributed by atoms with Gasteiger partial charge in [0.05, 0.1) is 17.7 Å². The first-order chi connectivity index (χ1) is 9.90. The van der Waals surface area contributed by atoms with Crippen LogP contribution in [0.4, 0.5) is 8.78 Å². The molecule has 3 rings (SSSR count). The molecule has 1 saturated carbocycles. The summed E-state index contributed by atoms with van der Waals surface area (Å²) in [7, 11) is 0. The molecule has 114 valence electrons. The van der Waals surface area contributed by atoms with E-state index in [4.69, 9.17) is 10.3 Å². The van der Waals surface area contributed by atoms with E-state index in [0.717, 1.165) is 19.3 Å². The second-order valence-electron chi connectivity index (χ2n) is 5.57. The van der Waals surface area contributed by atoms with Gasteiger partial charge in [0.1, 0.15) is 0 Å². The minimum Gasteiger partial charge on any atom is -0.339 e. The number of aromatic nitrogens is 4. The SMILES string of the molecule is Cc1nn(C(F)F)c(C)c1Cc1nc(C2(N)CCC2)no1. The Bertz CT molecular complexity index is 660. The summed E-state index contributed by atoms with van der Waals surface area (Å²) >= 11 is 0. The average molecular weight is 297 g/mol. The Morgan fingerprint density at radius 2 is 2.10 bits per heavy atom. The third-order valence-corrected chi connectivity index (χ3v) is 4.15. The smallest absolute Gasteiger partial charge is 0.333 e. The van der Waals surface area contributed by atoms with Gasteiger partial charge in [-0.15, -0.1) is 0 Å². The van der Waals surface area contributed by atoms with Crippen molar-refractivity contribution in [3.05, 3.63) is 28.7 Å². The molecular weight excluding hydrogens is 280 g/mol. The molecule has 2 aromatic heterocycles. The van der Waals surface area contributed by atoms with Crippen LogP contribution in [0.25, 0.3) is 0 Å². The van der Waals surface area contributed by atoms with Crippen LogP contribution in [-0.4, -0.2) is 19.9 Å². The van der Waals surface area contributed by atoms with Crippen LogP contribution in [0.1, 0.15) is 54.5 Å². The quantitative estimate of drug-likeness (QED) is 0.935. The van der Waals surface area contributed by atoms with E-state index in [-0.39, 0.29) is 6.42 Å². The van der Waals surface area contributed by atoms with Gasteiger partial charge >= 0.3 is 6.55 Å². The number of alkyl halides is 2. The summed E-state index contributed by atoms with van der Waals surface area (Å²) in [6.07, 6.45) is 3.02. The van der Waals surface area contributed by atoms with Crippen molar-refractivity contribution in [2.45, 2.75) is 51.6 Å². The largest absolute Gasteiger partial charge is 0.339 e. The van der Waals surface area contributed by atoms with Crippen LogP contribution in [0.3, 0.4) is 0 Å². The molecular formula is C13H17F2N5O. The van der Waals surface area contributed by atoms with Crippen LogP contribution >= 0.6 is 0 Å². The predicted molar refractivity (Wildman–Crippen MR) is 69.8 cm³/mol. The fraction of sp³-hybridized carbons (Fsp3) is 0.615. The van der Waals surface area contributed by atoms with Gasteiger partial charge in [-0.25, -0.2) is 4.68 Å². The topological polar surface area (TPSA) is 82.8 Å². The highest BCUT2D eigenvalue weighted by Gasteiger charge is 2.39.